The van der Waals surface area contributed by atoms with Crippen LogP contribution in [0.15, 0.2) is 18.2 Å². The zero-order chi connectivity index (χ0) is 12.9. The minimum absolute atomic E-state index is 0.0428. The third-order valence-electron chi connectivity index (χ3n) is 2.80. The number of hydrogen-bond acceptors (Lipinski definition) is 4. The number of aliphatic hydroxyl groups excluding tert-OH is 1. The second-order valence-corrected chi connectivity index (χ2v) is 4.94. The number of nitrogens with two attached hydrogens (primary N) is 1. The smallest absolute Gasteiger partial charge is 0.121 e. The molecule has 0 saturated heterocycles. The normalized spacial score (nSPS) is 11.3. The molecule has 0 aromatic heterocycles. The molecule has 0 aliphatic heterocycles. The van der Waals surface area contributed by atoms with E-state index in [0.717, 1.165) is 24.4 Å². The first-order chi connectivity index (χ1) is 7.98. The third-order valence-corrected chi connectivity index (χ3v) is 2.80. The molecule has 0 aliphatic rings. The first-order valence-corrected chi connectivity index (χ1v) is 5.77. The highest BCUT2D eigenvalue weighted by Gasteiger charge is 2.17. The van der Waals surface area contributed by atoms with Crippen LogP contribution >= 0.6 is 0 Å². The van der Waals surface area contributed by atoms with Crippen molar-refractivity contribution in [3.63, 3.8) is 0 Å². The molecule has 0 saturated carbocycles. The van der Waals surface area contributed by atoms with Crippen molar-refractivity contribution in [3.05, 3.63) is 18.2 Å². The van der Waals surface area contributed by atoms with Gasteiger partial charge in [-0.25, -0.2) is 0 Å². The fourth-order valence-electron chi connectivity index (χ4n) is 1.55. The lowest BCUT2D eigenvalue weighted by Gasteiger charge is -2.25. The summed E-state index contributed by atoms with van der Waals surface area (Å²) in [5.41, 5.74) is 7.52. The predicted octanol–water partition coefficient (Wildman–Crippen LogP) is 2.10. The molecule has 1 rings (SSSR count). The Morgan fingerprint density at radius 2 is 2.12 bits per heavy atom. The van der Waals surface area contributed by atoms with Crippen LogP contribution in [0.1, 0.15) is 20.3 Å². The molecule has 0 aliphatic carbocycles. The van der Waals surface area contributed by atoms with Gasteiger partial charge in [0.05, 0.1) is 18.5 Å². The molecule has 0 radical (unpaired) electrons. The second-order valence-electron chi connectivity index (χ2n) is 4.94. The summed E-state index contributed by atoms with van der Waals surface area (Å²) in [7, 11) is 1.62. The first kappa shape index (κ1) is 13.6. The molecule has 1 aromatic rings. The first-order valence-electron chi connectivity index (χ1n) is 5.77. The van der Waals surface area contributed by atoms with Gasteiger partial charge in [-0.15, -0.1) is 0 Å². The van der Waals surface area contributed by atoms with Crippen LogP contribution in [0.25, 0.3) is 0 Å². The monoisotopic (exact) mass is 238 g/mol. The molecule has 0 unspecified atom stereocenters. The van der Waals surface area contributed by atoms with Crippen LogP contribution < -0.4 is 15.8 Å². The number of nitrogens with one attached hydrogen (secondary N) is 1. The maximum Gasteiger partial charge on any atom is 0.121 e. The van der Waals surface area contributed by atoms with E-state index in [-0.39, 0.29) is 12.0 Å². The van der Waals surface area contributed by atoms with Crippen molar-refractivity contribution >= 4 is 11.4 Å². The predicted molar refractivity (Wildman–Crippen MR) is 71.4 cm³/mol. The number of anilines is 2. The zero-order valence-corrected chi connectivity index (χ0v) is 10.8. The highest BCUT2D eigenvalue weighted by Crippen LogP contribution is 2.26. The van der Waals surface area contributed by atoms with Crippen LogP contribution in [-0.2, 0) is 0 Å². The Kier molecular flexibility index (Phi) is 4.63. The molecule has 0 amide bonds. The average Bonchev–Trinajstić information content (AvgIpc) is 2.27. The van der Waals surface area contributed by atoms with Crippen molar-refractivity contribution in [2.45, 2.75) is 20.3 Å². The van der Waals surface area contributed by atoms with E-state index >= 15 is 0 Å². The van der Waals surface area contributed by atoms with Crippen molar-refractivity contribution < 1.29 is 9.84 Å². The number of aliphatic hydroxyl groups is 1. The van der Waals surface area contributed by atoms with Gasteiger partial charge in [0.1, 0.15) is 5.75 Å². The lowest BCUT2D eigenvalue weighted by atomic mass is 9.89. The topological polar surface area (TPSA) is 67.5 Å². The molecular weight excluding hydrogens is 216 g/mol. The number of benzene rings is 1. The number of ether oxygens (including phenoxy) is 1. The number of methoxy groups -OCH3 is 1. The maximum atomic E-state index is 8.95. The maximum absolute atomic E-state index is 8.95. The summed E-state index contributed by atoms with van der Waals surface area (Å²) in [6.45, 7) is 5.18. The summed E-state index contributed by atoms with van der Waals surface area (Å²) in [5.74, 6) is 0.752. The van der Waals surface area contributed by atoms with Gasteiger partial charge < -0.3 is 20.9 Å². The van der Waals surface area contributed by atoms with E-state index in [0.29, 0.717) is 5.69 Å². The Labute approximate surface area is 103 Å². The fraction of sp³-hybridized carbons (Fsp3) is 0.538. The Balaban J connectivity index is 2.63. The molecule has 0 bridgehead atoms. The van der Waals surface area contributed by atoms with Gasteiger partial charge in [-0.05, 0) is 24.0 Å². The van der Waals surface area contributed by atoms with Gasteiger partial charge in [0.2, 0.25) is 0 Å². The minimum Gasteiger partial charge on any atom is -0.497 e. The second kappa shape index (κ2) is 5.77. The Bertz CT molecular complexity index is 364. The minimum atomic E-state index is 0.0428. The lowest BCUT2D eigenvalue weighted by molar-refractivity contribution is 0.220. The molecule has 4 heteroatoms. The van der Waals surface area contributed by atoms with E-state index in [4.69, 9.17) is 15.6 Å². The van der Waals surface area contributed by atoms with E-state index in [9.17, 15) is 0 Å². The van der Waals surface area contributed by atoms with Gasteiger partial charge in [0.25, 0.3) is 0 Å². The fourth-order valence-corrected chi connectivity index (χ4v) is 1.55. The molecule has 17 heavy (non-hydrogen) atoms. The quantitative estimate of drug-likeness (QED) is 0.664. The Morgan fingerprint density at radius 3 is 2.65 bits per heavy atom. The molecule has 0 spiro atoms. The molecule has 4 nitrogen and oxygen atoms in total. The largest absolute Gasteiger partial charge is 0.497 e. The van der Waals surface area contributed by atoms with Gasteiger partial charge in [0, 0.05) is 19.2 Å². The molecule has 96 valence electrons. The van der Waals surface area contributed by atoms with E-state index in [2.05, 4.69) is 19.2 Å². The molecule has 0 atom stereocenters. The standard InChI is InChI=1S/C13H22N2O2/c1-13(2,6-7-16)9-15-12-5-4-10(17-3)8-11(12)14/h4-5,8,15-16H,6-7,9,14H2,1-3H3. The summed E-state index contributed by atoms with van der Waals surface area (Å²) >= 11 is 0. The number of hydrogen-bond donors (Lipinski definition) is 3. The summed E-state index contributed by atoms with van der Waals surface area (Å²) in [6.07, 6.45) is 0.760. The Morgan fingerprint density at radius 1 is 1.41 bits per heavy atom. The van der Waals surface area contributed by atoms with Gasteiger partial charge in [-0.3, -0.25) is 0 Å². The van der Waals surface area contributed by atoms with E-state index in [1.807, 2.05) is 12.1 Å². The van der Waals surface area contributed by atoms with Crippen LogP contribution in [0.2, 0.25) is 0 Å². The summed E-state index contributed by atoms with van der Waals surface area (Å²) in [4.78, 5) is 0. The Hall–Kier alpha value is -1.42. The van der Waals surface area contributed by atoms with Gasteiger partial charge in [-0.1, -0.05) is 13.8 Å². The molecule has 0 fully saturated rings. The number of nitrogen functional groups attached to an aromatic ring is 1. The van der Waals surface area contributed by atoms with Crippen molar-refractivity contribution in [2.75, 3.05) is 31.3 Å². The highest BCUT2D eigenvalue weighted by molar-refractivity contribution is 5.68. The van der Waals surface area contributed by atoms with E-state index in [1.165, 1.54) is 0 Å². The highest BCUT2D eigenvalue weighted by atomic mass is 16.5. The molecule has 4 N–H and O–H groups in total. The van der Waals surface area contributed by atoms with Crippen molar-refractivity contribution in [1.82, 2.24) is 0 Å². The molecule has 0 heterocycles. The lowest BCUT2D eigenvalue weighted by Crippen LogP contribution is -2.24. The van der Waals surface area contributed by atoms with E-state index in [1.54, 1.807) is 13.2 Å². The van der Waals surface area contributed by atoms with Crippen LogP contribution in [0.3, 0.4) is 0 Å². The number of rotatable bonds is 6. The molecule has 1 aromatic carbocycles. The van der Waals surface area contributed by atoms with E-state index < -0.39 is 0 Å². The van der Waals surface area contributed by atoms with Crippen LogP contribution in [0.4, 0.5) is 11.4 Å². The SMILES string of the molecule is COc1ccc(NCC(C)(C)CCO)c(N)c1. The summed E-state index contributed by atoms with van der Waals surface area (Å²) in [5, 5.41) is 12.3. The van der Waals surface area contributed by atoms with Crippen LogP contribution in [0.5, 0.6) is 5.75 Å². The zero-order valence-electron chi connectivity index (χ0n) is 10.8. The molecular formula is C13H22N2O2. The summed E-state index contributed by atoms with van der Waals surface area (Å²) < 4.78 is 5.09. The summed E-state index contributed by atoms with van der Waals surface area (Å²) in [6, 6.07) is 5.57. The van der Waals surface area contributed by atoms with Gasteiger partial charge in [0.15, 0.2) is 0 Å². The van der Waals surface area contributed by atoms with Gasteiger partial charge >= 0.3 is 0 Å². The van der Waals surface area contributed by atoms with Gasteiger partial charge in [-0.2, -0.15) is 0 Å². The van der Waals surface area contributed by atoms with Crippen molar-refractivity contribution in [2.24, 2.45) is 5.41 Å². The third kappa shape index (κ3) is 4.15. The van der Waals surface area contributed by atoms with Crippen molar-refractivity contribution in [3.8, 4) is 5.75 Å². The van der Waals surface area contributed by atoms with Crippen LogP contribution in [-0.4, -0.2) is 25.4 Å². The average molecular weight is 238 g/mol. The van der Waals surface area contributed by atoms with Crippen LogP contribution in [0, 0.1) is 5.41 Å². The van der Waals surface area contributed by atoms with Crippen molar-refractivity contribution in [1.29, 1.82) is 0 Å².